The van der Waals surface area contributed by atoms with Crippen LogP contribution in [0, 0.1) is 12.8 Å². The lowest BCUT2D eigenvalue weighted by atomic mass is 9.92. The number of pyridine rings is 2. The summed E-state index contributed by atoms with van der Waals surface area (Å²) < 4.78 is 7.47. The quantitative estimate of drug-likeness (QED) is 0.559. The number of thiazole rings is 1. The Bertz CT molecular complexity index is 1210. The third kappa shape index (κ3) is 4.39. The summed E-state index contributed by atoms with van der Waals surface area (Å²) in [6.45, 7) is 4.64. The molecule has 1 unspecified atom stereocenters. The lowest BCUT2D eigenvalue weighted by Crippen LogP contribution is -2.47. The van der Waals surface area contributed by atoms with Crippen molar-refractivity contribution in [2.75, 3.05) is 24.6 Å². The van der Waals surface area contributed by atoms with E-state index in [0.29, 0.717) is 28.2 Å². The fourth-order valence-electron chi connectivity index (χ4n) is 4.88. The molecule has 5 heterocycles. The molecular formula is C24H28N4O4S. The van der Waals surface area contributed by atoms with Crippen LogP contribution in [0.3, 0.4) is 0 Å². The molecule has 8 nitrogen and oxygen atoms in total. The molecule has 0 aliphatic carbocycles. The molecule has 0 aromatic carbocycles. The second kappa shape index (κ2) is 9.23. The van der Waals surface area contributed by atoms with Gasteiger partial charge < -0.3 is 14.7 Å². The molecule has 5 rings (SSSR count). The van der Waals surface area contributed by atoms with E-state index in [9.17, 15) is 14.7 Å². The highest BCUT2D eigenvalue weighted by Gasteiger charge is 2.29. The van der Waals surface area contributed by atoms with Crippen molar-refractivity contribution in [3.63, 3.8) is 0 Å². The number of hydrogen-bond donors (Lipinski definition) is 1. The normalized spacial score (nSPS) is 19.1. The van der Waals surface area contributed by atoms with Gasteiger partial charge >= 0.3 is 5.97 Å². The van der Waals surface area contributed by atoms with Gasteiger partial charge in [0.05, 0.1) is 11.5 Å². The fourth-order valence-corrected chi connectivity index (χ4v) is 5.50. The first-order valence-corrected chi connectivity index (χ1v) is 12.5. The number of aromatic carboxylic acids is 1. The molecule has 2 fully saturated rings. The number of aromatic nitrogens is 3. The van der Waals surface area contributed by atoms with Crippen molar-refractivity contribution >= 4 is 34.2 Å². The van der Waals surface area contributed by atoms with Gasteiger partial charge in [-0.25, -0.2) is 14.8 Å². The van der Waals surface area contributed by atoms with Crippen LogP contribution in [0.4, 0.5) is 5.82 Å². The van der Waals surface area contributed by atoms with Gasteiger partial charge in [0.1, 0.15) is 11.4 Å². The molecule has 3 aromatic heterocycles. The summed E-state index contributed by atoms with van der Waals surface area (Å²) in [5, 5.41) is 12.3. The van der Waals surface area contributed by atoms with Gasteiger partial charge in [-0.1, -0.05) is 6.42 Å². The summed E-state index contributed by atoms with van der Waals surface area (Å²) in [5.74, 6) is 0.210. The van der Waals surface area contributed by atoms with Crippen molar-refractivity contribution in [1.29, 1.82) is 0 Å². The minimum atomic E-state index is -1.25. The highest BCUT2D eigenvalue weighted by Crippen LogP contribution is 2.30. The van der Waals surface area contributed by atoms with Gasteiger partial charge in [-0.2, -0.15) is 0 Å². The Morgan fingerprint density at radius 3 is 2.85 bits per heavy atom. The molecule has 3 aromatic rings. The maximum Gasteiger partial charge on any atom is 0.341 e. The van der Waals surface area contributed by atoms with E-state index in [2.05, 4.69) is 9.88 Å². The average Bonchev–Trinajstić information content (AvgIpc) is 3.30. The standard InChI is InChI=1S/C24H28N4O4S/c1-15-11-19(27-12-16(13-27)5-4-7-17-6-2-3-9-32-17)26-22-20(15)21(29)18(23(30)31)14-28(22)24-25-8-10-33-24/h8,10-11,14,16-17H,2-7,9,12-13H2,1H3,(H,30,31). The van der Waals surface area contributed by atoms with E-state index in [0.717, 1.165) is 37.5 Å². The summed E-state index contributed by atoms with van der Waals surface area (Å²) in [5.41, 5.74) is 0.397. The molecular weight excluding hydrogens is 440 g/mol. The molecule has 0 bridgehead atoms. The summed E-state index contributed by atoms with van der Waals surface area (Å²) >= 11 is 1.37. The summed E-state index contributed by atoms with van der Waals surface area (Å²) in [7, 11) is 0. The number of carbonyl (C=O) groups is 1. The molecule has 1 atom stereocenters. The third-order valence-electron chi connectivity index (χ3n) is 6.69. The molecule has 9 heteroatoms. The number of ether oxygens (including phenoxy) is 1. The number of aryl methyl sites for hydroxylation is 1. The van der Waals surface area contributed by atoms with E-state index in [-0.39, 0.29) is 5.56 Å². The van der Waals surface area contributed by atoms with Crippen molar-refractivity contribution in [1.82, 2.24) is 14.5 Å². The van der Waals surface area contributed by atoms with E-state index in [4.69, 9.17) is 9.72 Å². The van der Waals surface area contributed by atoms with E-state index in [1.807, 2.05) is 18.4 Å². The van der Waals surface area contributed by atoms with E-state index in [1.165, 1.54) is 49.6 Å². The Kier molecular flexibility index (Phi) is 6.16. The van der Waals surface area contributed by atoms with Gasteiger partial charge in [0.2, 0.25) is 5.43 Å². The number of anilines is 1. The lowest BCUT2D eigenvalue weighted by Gasteiger charge is -2.40. The summed E-state index contributed by atoms with van der Waals surface area (Å²) in [4.78, 5) is 35.9. The number of carboxylic acid groups (broad SMARTS) is 1. The molecule has 2 aliphatic rings. The molecule has 0 amide bonds. The van der Waals surface area contributed by atoms with E-state index < -0.39 is 11.4 Å². The predicted octanol–water partition coefficient (Wildman–Crippen LogP) is 4.02. The molecule has 2 saturated heterocycles. The fraction of sp³-hybridized carbons (Fsp3) is 0.500. The van der Waals surface area contributed by atoms with Gasteiger partial charge in [0.25, 0.3) is 0 Å². The van der Waals surface area contributed by atoms with Crippen molar-refractivity contribution in [2.45, 2.75) is 51.6 Å². The van der Waals surface area contributed by atoms with Crippen LogP contribution >= 0.6 is 11.3 Å². The van der Waals surface area contributed by atoms with Crippen LogP contribution in [0.1, 0.15) is 54.4 Å². The monoisotopic (exact) mass is 468 g/mol. The van der Waals surface area contributed by atoms with Crippen molar-refractivity contribution in [3.8, 4) is 5.13 Å². The van der Waals surface area contributed by atoms with Crippen LogP contribution in [0.5, 0.6) is 0 Å². The van der Waals surface area contributed by atoms with Crippen LogP contribution in [0.25, 0.3) is 16.2 Å². The van der Waals surface area contributed by atoms with E-state index in [1.54, 1.807) is 10.8 Å². The topological polar surface area (TPSA) is 97.5 Å². The smallest absolute Gasteiger partial charge is 0.341 e. The number of fused-ring (bicyclic) bond motifs is 1. The Labute approximate surface area is 195 Å². The van der Waals surface area contributed by atoms with Gasteiger partial charge in [-0.05, 0) is 56.6 Å². The third-order valence-corrected chi connectivity index (χ3v) is 7.46. The van der Waals surface area contributed by atoms with E-state index >= 15 is 0 Å². The number of carboxylic acids is 1. The van der Waals surface area contributed by atoms with Crippen molar-refractivity contribution in [3.05, 3.63) is 45.2 Å². The maximum absolute atomic E-state index is 12.9. The highest BCUT2D eigenvalue weighted by molar-refractivity contribution is 7.12. The first-order valence-electron chi connectivity index (χ1n) is 11.6. The Morgan fingerprint density at radius 1 is 1.30 bits per heavy atom. The Balaban J connectivity index is 1.36. The van der Waals surface area contributed by atoms with Crippen molar-refractivity contribution < 1.29 is 14.6 Å². The first kappa shape index (κ1) is 22.0. The number of hydrogen-bond acceptors (Lipinski definition) is 7. The minimum Gasteiger partial charge on any atom is -0.477 e. The second-order valence-corrected chi connectivity index (χ2v) is 9.92. The highest BCUT2D eigenvalue weighted by atomic mass is 32.1. The van der Waals surface area contributed by atoms with Crippen LogP contribution in [-0.2, 0) is 4.74 Å². The van der Waals surface area contributed by atoms with Gasteiger partial charge in [-0.3, -0.25) is 9.36 Å². The van der Waals surface area contributed by atoms with Crippen molar-refractivity contribution in [2.24, 2.45) is 5.92 Å². The molecule has 2 aliphatic heterocycles. The van der Waals surface area contributed by atoms with Gasteiger partial charge in [-0.15, -0.1) is 11.3 Å². The molecule has 0 spiro atoms. The first-order chi connectivity index (χ1) is 16.0. The largest absolute Gasteiger partial charge is 0.477 e. The zero-order valence-corrected chi connectivity index (χ0v) is 19.5. The van der Waals surface area contributed by atoms with Gasteiger partial charge in [0, 0.05) is 37.5 Å². The lowest BCUT2D eigenvalue weighted by molar-refractivity contribution is 0.00905. The second-order valence-electron chi connectivity index (χ2n) is 9.05. The van der Waals surface area contributed by atoms with Crippen LogP contribution < -0.4 is 10.3 Å². The Morgan fingerprint density at radius 2 is 2.15 bits per heavy atom. The molecule has 174 valence electrons. The minimum absolute atomic E-state index is 0.277. The van der Waals surface area contributed by atoms with Gasteiger partial charge in [0.15, 0.2) is 10.8 Å². The number of rotatable bonds is 7. The molecule has 0 radical (unpaired) electrons. The maximum atomic E-state index is 12.9. The predicted molar refractivity (Wildman–Crippen MR) is 128 cm³/mol. The summed E-state index contributed by atoms with van der Waals surface area (Å²) in [6.07, 6.45) is 10.6. The molecule has 1 N–H and O–H groups in total. The summed E-state index contributed by atoms with van der Waals surface area (Å²) in [6, 6.07) is 1.90. The zero-order chi connectivity index (χ0) is 22.9. The zero-order valence-electron chi connectivity index (χ0n) is 18.7. The Hall–Kier alpha value is -2.78. The average molecular weight is 469 g/mol. The van der Waals surface area contributed by atoms with Crippen LogP contribution in [0.2, 0.25) is 0 Å². The van der Waals surface area contributed by atoms with Crippen LogP contribution in [0.15, 0.2) is 28.6 Å². The van der Waals surface area contributed by atoms with Crippen LogP contribution in [-0.4, -0.2) is 51.4 Å². The molecule has 33 heavy (non-hydrogen) atoms. The molecule has 0 saturated carbocycles. The number of nitrogens with zero attached hydrogens (tertiary/aromatic N) is 4. The SMILES string of the molecule is Cc1cc(N2CC(CCCC3CCCCO3)C2)nc2c1c(=O)c(C(=O)O)cn2-c1nccs1.